The molecule has 7 heteroatoms. The second kappa shape index (κ2) is 9.21. The van der Waals surface area contributed by atoms with Gasteiger partial charge in [-0.2, -0.15) is 0 Å². The molecule has 0 fully saturated rings. The van der Waals surface area contributed by atoms with Crippen LogP contribution in [0.5, 0.6) is 0 Å². The molecule has 0 saturated carbocycles. The van der Waals surface area contributed by atoms with Crippen molar-refractivity contribution in [3.63, 3.8) is 0 Å². The van der Waals surface area contributed by atoms with Gasteiger partial charge in [-0.25, -0.2) is 9.78 Å². The van der Waals surface area contributed by atoms with E-state index in [4.69, 9.17) is 0 Å². The lowest BCUT2D eigenvalue weighted by atomic mass is 10.1. The fraction of sp³-hybridized carbons (Fsp3) is 0.167. The van der Waals surface area contributed by atoms with Gasteiger partial charge < -0.3 is 5.32 Å². The molecule has 2 aromatic heterocycles. The summed E-state index contributed by atoms with van der Waals surface area (Å²) in [6, 6.07) is 22.4. The van der Waals surface area contributed by atoms with Crippen molar-refractivity contribution in [2.45, 2.75) is 26.1 Å². The maximum absolute atomic E-state index is 13.2. The molecule has 1 amide bonds. The Morgan fingerprint density at radius 3 is 2.23 bits per heavy atom. The van der Waals surface area contributed by atoms with Crippen LogP contribution in [0, 0.1) is 0 Å². The molecule has 31 heavy (non-hydrogen) atoms. The van der Waals surface area contributed by atoms with Gasteiger partial charge in [0.05, 0.1) is 5.52 Å². The van der Waals surface area contributed by atoms with Gasteiger partial charge in [0.1, 0.15) is 6.54 Å². The zero-order chi connectivity index (χ0) is 21.6. The fourth-order valence-electron chi connectivity index (χ4n) is 3.47. The fourth-order valence-corrected chi connectivity index (χ4v) is 3.47. The largest absolute Gasteiger partial charge is 0.350 e. The molecule has 2 heterocycles. The van der Waals surface area contributed by atoms with Gasteiger partial charge in [0.15, 0.2) is 5.52 Å². The van der Waals surface area contributed by atoms with Crippen molar-refractivity contribution in [3.05, 3.63) is 111 Å². The van der Waals surface area contributed by atoms with Crippen LogP contribution >= 0.6 is 0 Å². The average Bonchev–Trinajstić information content (AvgIpc) is 2.82. The van der Waals surface area contributed by atoms with Gasteiger partial charge in [-0.1, -0.05) is 60.7 Å². The first-order valence-corrected chi connectivity index (χ1v) is 10.1. The van der Waals surface area contributed by atoms with E-state index >= 15 is 0 Å². The van der Waals surface area contributed by atoms with Crippen molar-refractivity contribution in [2.24, 2.45) is 0 Å². The molecule has 156 valence electrons. The van der Waals surface area contributed by atoms with E-state index in [0.29, 0.717) is 18.5 Å². The highest BCUT2D eigenvalue weighted by Gasteiger charge is 2.16. The molecule has 0 saturated heterocycles. The van der Waals surface area contributed by atoms with Crippen molar-refractivity contribution < 1.29 is 4.79 Å². The van der Waals surface area contributed by atoms with E-state index in [-0.39, 0.29) is 24.5 Å². The molecule has 0 radical (unpaired) electrons. The van der Waals surface area contributed by atoms with E-state index < -0.39 is 11.2 Å². The number of rotatable bonds is 7. The van der Waals surface area contributed by atoms with Crippen LogP contribution < -0.4 is 16.6 Å². The molecule has 4 rings (SSSR count). The number of aryl methyl sites for hydroxylation is 1. The first-order valence-electron chi connectivity index (χ1n) is 10.1. The summed E-state index contributed by atoms with van der Waals surface area (Å²) in [6.45, 7) is 0.373. The van der Waals surface area contributed by atoms with Crippen LogP contribution in [0.15, 0.2) is 88.6 Å². The summed E-state index contributed by atoms with van der Waals surface area (Å²) in [5.74, 6) is -0.315. The maximum Gasteiger partial charge on any atom is 0.332 e. The third kappa shape index (κ3) is 4.61. The van der Waals surface area contributed by atoms with Crippen molar-refractivity contribution in [2.75, 3.05) is 0 Å². The monoisotopic (exact) mass is 414 g/mol. The number of pyridine rings is 1. The highest BCUT2D eigenvalue weighted by molar-refractivity contribution is 5.79. The molecule has 0 aliphatic rings. The Kier molecular flexibility index (Phi) is 6.03. The van der Waals surface area contributed by atoms with Crippen LogP contribution in [0.25, 0.3) is 11.0 Å². The van der Waals surface area contributed by atoms with Crippen molar-refractivity contribution in [1.29, 1.82) is 0 Å². The summed E-state index contributed by atoms with van der Waals surface area (Å²) in [5, 5.41) is 2.82. The summed E-state index contributed by atoms with van der Waals surface area (Å²) in [6.07, 6.45) is 2.03. The lowest BCUT2D eigenvalue weighted by molar-refractivity contribution is -0.121. The van der Waals surface area contributed by atoms with Gasteiger partial charge in [-0.3, -0.25) is 18.7 Å². The van der Waals surface area contributed by atoms with Crippen LogP contribution in [0.2, 0.25) is 0 Å². The maximum atomic E-state index is 13.2. The number of hydrogen-bond donors (Lipinski definition) is 1. The van der Waals surface area contributed by atoms with Crippen LogP contribution in [0.3, 0.4) is 0 Å². The van der Waals surface area contributed by atoms with E-state index in [0.717, 1.165) is 15.7 Å². The molecule has 0 unspecified atom stereocenters. The van der Waals surface area contributed by atoms with Crippen molar-refractivity contribution in [1.82, 2.24) is 19.4 Å². The zero-order valence-corrected chi connectivity index (χ0v) is 16.9. The van der Waals surface area contributed by atoms with Crippen molar-refractivity contribution in [3.8, 4) is 0 Å². The lowest BCUT2D eigenvalue weighted by Gasteiger charge is -2.14. The molecule has 1 N–H and O–H groups in total. The van der Waals surface area contributed by atoms with Gasteiger partial charge >= 0.3 is 5.69 Å². The quantitative estimate of drug-likeness (QED) is 0.502. The van der Waals surface area contributed by atoms with E-state index in [1.807, 2.05) is 60.7 Å². The summed E-state index contributed by atoms with van der Waals surface area (Å²) in [5.41, 5.74) is 1.53. The Labute approximate surface area is 178 Å². The zero-order valence-electron chi connectivity index (χ0n) is 16.9. The van der Waals surface area contributed by atoms with E-state index in [1.54, 1.807) is 12.1 Å². The first kappa shape index (κ1) is 20.3. The van der Waals surface area contributed by atoms with Gasteiger partial charge in [-0.05, 0) is 29.7 Å². The van der Waals surface area contributed by atoms with Crippen LogP contribution in [0.4, 0.5) is 0 Å². The highest BCUT2D eigenvalue weighted by atomic mass is 16.2. The van der Waals surface area contributed by atoms with Gasteiger partial charge in [0.2, 0.25) is 5.91 Å². The number of fused-ring (bicyclic) bond motifs is 1. The summed E-state index contributed by atoms with van der Waals surface area (Å²) in [4.78, 5) is 42.8. The third-order valence-corrected chi connectivity index (χ3v) is 5.09. The number of hydrogen-bond acceptors (Lipinski definition) is 4. The minimum absolute atomic E-state index is 0.172. The van der Waals surface area contributed by atoms with Gasteiger partial charge in [0, 0.05) is 19.3 Å². The Morgan fingerprint density at radius 1 is 0.839 bits per heavy atom. The molecule has 0 aliphatic heterocycles. The number of benzene rings is 2. The number of carbonyl (C=O) groups excluding carboxylic acids is 1. The lowest BCUT2D eigenvalue weighted by Crippen LogP contribution is -2.43. The van der Waals surface area contributed by atoms with E-state index in [9.17, 15) is 14.4 Å². The second-order valence-corrected chi connectivity index (χ2v) is 7.19. The number of aromatic nitrogens is 3. The van der Waals surface area contributed by atoms with Gasteiger partial charge in [-0.15, -0.1) is 0 Å². The number of nitrogens with one attached hydrogen (secondary N) is 1. The Bertz CT molecular complexity index is 1310. The smallest absolute Gasteiger partial charge is 0.332 e. The molecule has 0 spiro atoms. The van der Waals surface area contributed by atoms with Crippen LogP contribution in [-0.2, 0) is 30.8 Å². The molecule has 7 nitrogen and oxygen atoms in total. The third-order valence-electron chi connectivity index (χ3n) is 5.09. The number of carbonyl (C=O) groups is 1. The van der Waals surface area contributed by atoms with Crippen LogP contribution in [0.1, 0.15) is 11.1 Å². The topological polar surface area (TPSA) is 86.0 Å². The van der Waals surface area contributed by atoms with Gasteiger partial charge in [0.25, 0.3) is 5.56 Å². The predicted octanol–water partition coefficient (Wildman–Crippen LogP) is 2.12. The summed E-state index contributed by atoms with van der Waals surface area (Å²) in [7, 11) is 0. The molecular formula is C24H22N4O3. The highest BCUT2D eigenvalue weighted by Crippen LogP contribution is 2.06. The number of amides is 1. The summed E-state index contributed by atoms with van der Waals surface area (Å²) >= 11 is 0. The normalized spacial score (nSPS) is 10.8. The van der Waals surface area contributed by atoms with Crippen molar-refractivity contribution >= 4 is 16.9 Å². The summed E-state index contributed by atoms with van der Waals surface area (Å²) < 4.78 is 2.47. The Morgan fingerprint density at radius 2 is 1.52 bits per heavy atom. The minimum Gasteiger partial charge on any atom is -0.350 e. The number of nitrogens with zero attached hydrogens (tertiary/aromatic N) is 3. The average molecular weight is 414 g/mol. The molecular weight excluding hydrogens is 392 g/mol. The van der Waals surface area contributed by atoms with Crippen LogP contribution in [-0.4, -0.2) is 20.0 Å². The SMILES string of the molecule is O=C(Cn1c(=O)n(CCc2ccccc2)c(=O)c2ncccc21)NCc1ccccc1. The molecule has 2 aromatic carbocycles. The van der Waals surface area contributed by atoms with E-state index in [1.165, 1.54) is 10.8 Å². The first-order chi connectivity index (χ1) is 15.1. The standard InChI is InChI=1S/C24H22N4O3/c29-21(26-16-19-10-5-2-6-11-19)17-28-20-12-7-14-25-22(20)23(30)27(24(28)31)15-13-18-8-3-1-4-9-18/h1-12,14H,13,15-17H2,(H,26,29). The van der Waals surface area contributed by atoms with E-state index in [2.05, 4.69) is 10.3 Å². The Balaban J connectivity index is 1.63. The predicted molar refractivity (Wildman–Crippen MR) is 119 cm³/mol. The molecule has 0 atom stereocenters. The molecule has 4 aromatic rings. The molecule has 0 aliphatic carbocycles. The minimum atomic E-state index is -0.517. The molecule has 0 bridgehead atoms. The second-order valence-electron chi connectivity index (χ2n) is 7.19. The Hall–Kier alpha value is -4.00.